The number of anilines is 1. The van der Waals surface area contributed by atoms with E-state index in [4.69, 9.17) is 11.6 Å². The van der Waals surface area contributed by atoms with Gasteiger partial charge in [-0.2, -0.15) is 0 Å². The minimum absolute atomic E-state index is 0.0666. The lowest BCUT2D eigenvalue weighted by Gasteiger charge is -2.47. The Kier molecular flexibility index (Phi) is 6.22. The zero-order valence-electron chi connectivity index (χ0n) is 21.9. The van der Waals surface area contributed by atoms with Crippen LogP contribution in [-0.2, 0) is 11.2 Å². The van der Waals surface area contributed by atoms with Gasteiger partial charge < -0.3 is 15.3 Å². The number of aliphatic hydroxyl groups excluding tert-OH is 1. The summed E-state index contributed by atoms with van der Waals surface area (Å²) in [7, 11) is 0. The molecule has 2 bridgehead atoms. The maximum atomic E-state index is 13.5. The van der Waals surface area contributed by atoms with Crippen LogP contribution in [0.1, 0.15) is 57.2 Å². The van der Waals surface area contributed by atoms with Gasteiger partial charge in [-0.1, -0.05) is 29.8 Å². The molecule has 0 spiro atoms. The maximum Gasteiger partial charge on any atom is 0.261 e. The number of halogens is 1. The van der Waals surface area contributed by atoms with E-state index in [-0.39, 0.29) is 36.6 Å². The van der Waals surface area contributed by atoms with Crippen molar-refractivity contribution >= 4 is 40.6 Å². The monoisotopic (exact) mass is 556 g/mol. The molecule has 2 atom stereocenters. The van der Waals surface area contributed by atoms with Crippen LogP contribution < -0.4 is 5.32 Å². The van der Waals surface area contributed by atoms with Crippen molar-refractivity contribution in [1.82, 2.24) is 9.80 Å². The lowest BCUT2D eigenvalue weighted by Crippen LogP contribution is -2.58. The number of nitrogens with one attached hydrogen (secondary N) is 1. The Morgan fingerprint density at radius 3 is 2.58 bits per heavy atom. The van der Waals surface area contributed by atoms with Crippen LogP contribution >= 0.6 is 11.6 Å². The molecule has 3 saturated heterocycles. The quantitative estimate of drug-likeness (QED) is 0.437. The minimum atomic E-state index is -0.865. The highest BCUT2D eigenvalue weighted by molar-refractivity contribution is 6.30. The summed E-state index contributed by atoms with van der Waals surface area (Å²) in [6.45, 7) is 2.91. The fraction of sp³-hybridized carbons (Fsp3) is 0.355. The molecule has 8 nitrogen and oxygen atoms in total. The highest BCUT2D eigenvalue weighted by Gasteiger charge is 2.47. The first-order valence-electron chi connectivity index (χ1n) is 13.8. The van der Waals surface area contributed by atoms with Gasteiger partial charge in [0.1, 0.15) is 0 Å². The molecule has 2 aromatic rings. The van der Waals surface area contributed by atoms with E-state index in [0.29, 0.717) is 51.0 Å². The lowest BCUT2D eigenvalue weighted by molar-refractivity contribution is -0.114. The van der Waals surface area contributed by atoms with E-state index < -0.39 is 6.10 Å². The first kappa shape index (κ1) is 25.4. The number of nitrogens with zero attached hydrogens (tertiary/aromatic N) is 3. The molecule has 3 fully saturated rings. The Balaban J connectivity index is 1.15. The number of rotatable bonds is 4. The molecule has 0 aromatic heterocycles. The third-order valence-electron chi connectivity index (χ3n) is 8.83. The topological polar surface area (TPSA) is 102 Å². The summed E-state index contributed by atoms with van der Waals surface area (Å²) in [5.74, 6) is -0.133. The number of fused-ring (bicyclic) bond motifs is 5. The van der Waals surface area contributed by atoms with E-state index in [1.807, 2.05) is 6.07 Å². The van der Waals surface area contributed by atoms with Gasteiger partial charge in [-0.05, 0) is 73.3 Å². The molecular weight excluding hydrogens is 528 g/mol. The number of amides is 2. The summed E-state index contributed by atoms with van der Waals surface area (Å²) in [6.07, 6.45) is 5.44. The van der Waals surface area contributed by atoms with Crippen LogP contribution in [0, 0.1) is 5.92 Å². The van der Waals surface area contributed by atoms with Crippen molar-refractivity contribution < 1.29 is 19.5 Å². The number of aliphatic hydroxyl groups is 1. The summed E-state index contributed by atoms with van der Waals surface area (Å²) < 4.78 is 0. The maximum absolute atomic E-state index is 13.5. The first-order chi connectivity index (χ1) is 19.4. The molecule has 5 aliphatic heterocycles. The number of ketones is 1. The van der Waals surface area contributed by atoms with Gasteiger partial charge >= 0.3 is 0 Å². The van der Waals surface area contributed by atoms with Crippen molar-refractivity contribution in [2.24, 2.45) is 10.9 Å². The average molecular weight is 557 g/mol. The molecule has 40 heavy (non-hydrogen) atoms. The van der Waals surface area contributed by atoms with Gasteiger partial charge in [0.05, 0.1) is 41.1 Å². The van der Waals surface area contributed by atoms with E-state index >= 15 is 0 Å². The van der Waals surface area contributed by atoms with E-state index in [0.717, 1.165) is 43.7 Å². The van der Waals surface area contributed by atoms with Crippen molar-refractivity contribution in [2.75, 3.05) is 31.5 Å². The minimum Gasteiger partial charge on any atom is -0.386 e. The van der Waals surface area contributed by atoms with Crippen molar-refractivity contribution in [3.8, 4) is 0 Å². The number of benzene rings is 2. The van der Waals surface area contributed by atoms with Gasteiger partial charge in [-0.3, -0.25) is 24.3 Å². The number of carbonyl (C=O) groups is 3. The number of Topliss-reactive ketones (excluding diaryl/α,β-unsaturated/α-hetero) is 1. The predicted molar refractivity (Wildman–Crippen MR) is 152 cm³/mol. The number of piperidine rings is 3. The highest BCUT2D eigenvalue weighted by Crippen LogP contribution is 2.40. The van der Waals surface area contributed by atoms with Gasteiger partial charge in [-0.25, -0.2) is 0 Å². The average Bonchev–Trinajstić information content (AvgIpc) is 3.48. The SMILES string of the molecule is O=C1CC=CC(=NC[C@@H](O)c2cccc(Cl)c2)C1=C1Cc2cc3c(cc2N1)C(=O)N([C@@H]1CN2CCC1CC2)C3=O. The molecular formula is C31H29ClN4O4. The van der Waals surface area contributed by atoms with E-state index in [1.54, 1.807) is 42.5 Å². The third kappa shape index (κ3) is 4.22. The van der Waals surface area contributed by atoms with Crippen LogP contribution in [-0.4, -0.2) is 70.4 Å². The standard InChI is InChI=1S/C31H29ClN4O4/c32-20-4-1-3-18(11-20)28(38)15-33-23-5-2-6-27(37)29(23)25-13-19-12-21-22(14-24(19)34-25)31(40)36(30(21)39)26-16-35-9-7-17(26)8-10-35/h1-5,11-12,14,17,26,28,34,38H,6-10,13,15-16H2/t26-,28-/m1/s1. The Bertz CT molecular complexity index is 1510. The number of imide groups is 1. The molecule has 9 heteroatoms. The predicted octanol–water partition coefficient (Wildman–Crippen LogP) is 3.96. The zero-order chi connectivity index (χ0) is 27.5. The largest absolute Gasteiger partial charge is 0.386 e. The van der Waals surface area contributed by atoms with Crippen LogP contribution in [0.5, 0.6) is 0 Å². The van der Waals surface area contributed by atoms with Crippen molar-refractivity contribution in [3.05, 3.63) is 87.1 Å². The van der Waals surface area contributed by atoms with Crippen molar-refractivity contribution in [3.63, 3.8) is 0 Å². The third-order valence-corrected chi connectivity index (χ3v) is 9.07. The summed E-state index contributed by atoms with van der Waals surface area (Å²) >= 11 is 6.06. The molecule has 0 radical (unpaired) electrons. The Morgan fingerprint density at radius 2 is 1.85 bits per heavy atom. The summed E-state index contributed by atoms with van der Waals surface area (Å²) in [5, 5.41) is 14.5. The zero-order valence-corrected chi connectivity index (χ0v) is 22.7. The van der Waals surface area contributed by atoms with E-state index in [2.05, 4.69) is 15.2 Å². The number of carbonyl (C=O) groups excluding carboxylic acids is 3. The highest BCUT2D eigenvalue weighted by atomic mass is 35.5. The van der Waals surface area contributed by atoms with Crippen LogP contribution in [0.2, 0.25) is 5.02 Å². The second kappa shape index (κ2) is 9.80. The number of hydrogen-bond acceptors (Lipinski definition) is 7. The number of allylic oxidation sites excluding steroid dienone is 4. The Labute approximate surface area is 237 Å². The smallest absolute Gasteiger partial charge is 0.261 e. The molecule has 0 saturated carbocycles. The molecule has 2 amide bonds. The van der Waals surface area contributed by atoms with E-state index in [9.17, 15) is 19.5 Å². The molecule has 2 N–H and O–H groups in total. The van der Waals surface area contributed by atoms with Gasteiger partial charge in [0, 0.05) is 35.8 Å². The van der Waals surface area contributed by atoms with Gasteiger partial charge in [0.25, 0.3) is 11.8 Å². The summed E-state index contributed by atoms with van der Waals surface area (Å²) in [5.41, 5.74) is 4.80. The number of aliphatic imine (C=N–C) groups is 1. The summed E-state index contributed by atoms with van der Waals surface area (Å²) in [4.78, 5) is 48.5. The number of hydrogen-bond donors (Lipinski definition) is 2. The molecule has 8 rings (SSSR count). The van der Waals surface area contributed by atoms with Gasteiger partial charge in [0.2, 0.25) is 0 Å². The second-order valence-corrected chi connectivity index (χ2v) is 11.7. The van der Waals surface area contributed by atoms with Crippen molar-refractivity contribution in [2.45, 2.75) is 37.8 Å². The van der Waals surface area contributed by atoms with Crippen LogP contribution in [0.15, 0.2) is 64.8 Å². The van der Waals surface area contributed by atoms with Crippen LogP contribution in [0.4, 0.5) is 5.69 Å². The first-order valence-corrected chi connectivity index (χ1v) is 14.2. The fourth-order valence-corrected chi connectivity index (χ4v) is 6.95. The molecule has 0 unspecified atom stereocenters. The fourth-order valence-electron chi connectivity index (χ4n) is 6.75. The van der Waals surface area contributed by atoms with Gasteiger partial charge in [0.15, 0.2) is 5.78 Å². The van der Waals surface area contributed by atoms with Crippen LogP contribution in [0.25, 0.3) is 0 Å². The molecule has 2 aromatic carbocycles. The second-order valence-electron chi connectivity index (χ2n) is 11.2. The van der Waals surface area contributed by atoms with Gasteiger partial charge in [-0.15, -0.1) is 0 Å². The van der Waals surface area contributed by atoms with E-state index in [1.165, 1.54) is 4.90 Å². The Morgan fingerprint density at radius 1 is 1.07 bits per heavy atom. The van der Waals surface area contributed by atoms with Crippen molar-refractivity contribution in [1.29, 1.82) is 0 Å². The normalized spacial score (nSPS) is 28.8. The summed E-state index contributed by atoms with van der Waals surface area (Å²) in [6, 6.07) is 10.5. The Hall–Kier alpha value is -3.59. The lowest BCUT2D eigenvalue weighted by atomic mass is 9.83. The molecule has 1 aliphatic carbocycles. The molecule has 6 aliphatic rings. The van der Waals surface area contributed by atoms with Crippen LogP contribution in [0.3, 0.4) is 0 Å². The molecule has 5 heterocycles. The molecule has 204 valence electrons.